The average molecular weight is 338 g/mol. The molecule has 0 aliphatic carbocycles. The number of hydrogen-bond acceptors (Lipinski definition) is 4. The van der Waals surface area contributed by atoms with Gasteiger partial charge in [-0.2, -0.15) is 0 Å². The highest BCUT2D eigenvalue weighted by Crippen LogP contribution is 2.45. The fraction of sp³-hybridized carbons (Fsp3) is 0.350. The second-order valence-electron chi connectivity index (χ2n) is 6.55. The highest BCUT2D eigenvalue weighted by molar-refractivity contribution is 5.74. The summed E-state index contributed by atoms with van der Waals surface area (Å²) < 4.78 is 11.6. The van der Waals surface area contributed by atoms with Crippen LogP contribution in [-0.4, -0.2) is 25.6 Å². The van der Waals surface area contributed by atoms with Gasteiger partial charge in [-0.15, -0.1) is 0 Å². The fourth-order valence-electron chi connectivity index (χ4n) is 3.92. The summed E-state index contributed by atoms with van der Waals surface area (Å²) in [4.78, 5) is 14.2. The molecule has 25 heavy (non-hydrogen) atoms. The van der Waals surface area contributed by atoms with E-state index < -0.39 is 0 Å². The van der Waals surface area contributed by atoms with Crippen molar-refractivity contribution in [3.05, 3.63) is 48.0 Å². The van der Waals surface area contributed by atoms with Crippen LogP contribution in [0.15, 0.2) is 42.5 Å². The molecule has 2 aliphatic rings. The summed E-state index contributed by atoms with van der Waals surface area (Å²) in [6.07, 6.45) is 2.13. The van der Waals surface area contributed by atoms with Crippen LogP contribution < -0.4 is 19.7 Å². The molecule has 2 atom stereocenters. The van der Waals surface area contributed by atoms with Gasteiger partial charge in [0.05, 0.1) is 24.9 Å². The number of carbonyl (C=O) groups excluding carboxylic acids is 1. The van der Waals surface area contributed by atoms with Gasteiger partial charge in [-0.1, -0.05) is 12.1 Å². The van der Waals surface area contributed by atoms with Crippen molar-refractivity contribution in [1.29, 1.82) is 0 Å². The molecule has 0 unspecified atom stereocenters. The molecule has 0 bridgehead atoms. The van der Waals surface area contributed by atoms with E-state index in [0.717, 1.165) is 47.9 Å². The van der Waals surface area contributed by atoms with Crippen molar-refractivity contribution in [2.75, 3.05) is 18.6 Å². The van der Waals surface area contributed by atoms with Gasteiger partial charge in [0.25, 0.3) is 0 Å². The summed E-state index contributed by atoms with van der Waals surface area (Å²) in [6.45, 7) is 2.53. The van der Waals surface area contributed by atoms with E-state index in [4.69, 9.17) is 9.47 Å². The summed E-state index contributed by atoms with van der Waals surface area (Å²) in [6, 6.07) is 14.0. The largest absolute Gasteiger partial charge is 0.497 e. The second kappa shape index (κ2) is 6.31. The van der Waals surface area contributed by atoms with Crippen LogP contribution >= 0.6 is 0 Å². The first-order valence-electron chi connectivity index (χ1n) is 8.66. The number of amides is 1. The third-order valence-electron chi connectivity index (χ3n) is 4.99. The maximum atomic E-state index is 11.9. The van der Waals surface area contributed by atoms with E-state index in [9.17, 15) is 4.79 Å². The number of fused-ring (bicyclic) bond motifs is 4. The second-order valence-corrected chi connectivity index (χ2v) is 6.55. The van der Waals surface area contributed by atoms with Gasteiger partial charge >= 0.3 is 0 Å². The number of ether oxygens (including phenoxy) is 2. The molecule has 5 nitrogen and oxygen atoms in total. The molecule has 2 aromatic rings. The number of rotatable bonds is 2. The van der Waals surface area contributed by atoms with Gasteiger partial charge in [0.1, 0.15) is 11.5 Å². The molecule has 4 rings (SSSR count). The van der Waals surface area contributed by atoms with Crippen LogP contribution in [0.2, 0.25) is 0 Å². The molecular formula is C20H22N2O3. The summed E-state index contributed by atoms with van der Waals surface area (Å²) in [5.41, 5.74) is 2.07. The number of hydrogen-bond donors (Lipinski definition) is 1. The molecule has 2 heterocycles. The number of nitrogens with one attached hydrogen (secondary N) is 1. The zero-order valence-electron chi connectivity index (χ0n) is 14.5. The number of nitrogens with zero attached hydrogens (tertiary/aromatic N) is 1. The van der Waals surface area contributed by atoms with Crippen LogP contribution in [0.4, 0.5) is 5.69 Å². The third-order valence-corrected chi connectivity index (χ3v) is 4.99. The number of para-hydroxylation sites is 2. The van der Waals surface area contributed by atoms with E-state index in [0.29, 0.717) is 0 Å². The molecule has 2 aromatic carbocycles. The normalized spacial score (nSPS) is 21.1. The lowest BCUT2D eigenvalue weighted by atomic mass is 9.95. The van der Waals surface area contributed by atoms with Crippen molar-refractivity contribution in [2.45, 2.75) is 31.8 Å². The minimum absolute atomic E-state index is 0.0347. The number of benzene rings is 2. The third kappa shape index (κ3) is 2.80. The van der Waals surface area contributed by atoms with Crippen LogP contribution in [0, 0.1) is 0 Å². The van der Waals surface area contributed by atoms with Crippen LogP contribution in [0.1, 0.15) is 31.4 Å². The molecule has 2 aliphatic heterocycles. The Balaban J connectivity index is 1.89. The topological polar surface area (TPSA) is 50.8 Å². The first-order valence-corrected chi connectivity index (χ1v) is 8.66. The van der Waals surface area contributed by atoms with Gasteiger partial charge in [0.15, 0.2) is 5.75 Å². The molecule has 1 amide bonds. The lowest BCUT2D eigenvalue weighted by Gasteiger charge is -2.37. The predicted molar refractivity (Wildman–Crippen MR) is 96.4 cm³/mol. The molecule has 0 saturated carbocycles. The molecular weight excluding hydrogens is 316 g/mol. The average Bonchev–Trinajstić information content (AvgIpc) is 3.08. The monoisotopic (exact) mass is 338 g/mol. The molecule has 0 aromatic heterocycles. The van der Waals surface area contributed by atoms with E-state index in [-0.39, 0.29) is 18.0 Å². The summed E-state index contributed by atoms with van der Waals surface area (Å²) in [5.74, 6) is 2.27. The Bertz CT molecular complexity index is 805. The number of methoxy groups -OCH3 is 1. The maximum Gasteiger partial charge on any atom is 0.217 e. The lowest BCUT2D eigenvalue weighted by molar-refractivity contribution is -0.119. The molecule has 1 fully saturated rings. The van der Waals surface area contributed by atoms with E-state index in [1.807, 2.05) is 36.4 Å². The summed E-state index contributed by atoms with van der Waals surface area (Å²) >= 11 is 0. The summed E-state index contributed by atoms with van der Waals surface area (Å²) in [7, 11) is 1.64. The minimum atomic E-state index is -0.116. The van der Waals surface area contributed by atoms with Gasteiger partial charge in [-0.25, -0.2) is 0 Å². The predicted octanol–water partition coefficient (Wildman–Crippen LogP) is 3.65. The Morgan fingerprint density at radius 1 is 1.24 bits per heavy atom. The van der Waals surface area contributed by atoms with Crippen LogP contribution in [0.5, 0.6) is 17.2 Å². The van der Waals surface area contributed by atoms with Gasteiger partial charge in [-0.05, 0) is 37.1 Å². The lowest BCUT2D eigenvalue weighted by Crippen LogP contribution is -2.43. The van der Waals surface area contributed by atoms with E-state index >= 15 is 0 Å². The molecule has 5 heteroatoms. The van der Waals surface area contributed by atoms with Crippen molar-refractivity contribution in [2.24, 2.45) is 0 Å². The first-order chi connectivity index (χ1) is 12.2. The van der Waals surface area contributed by atoms with Gasteiger partial charge < -0.3 is 19.7 Å². The van der Waals surface area contributed by atoms with E-state index in [2.05, 4.69) is 16.3 Å². The Labute approximate surface area is 147 Å². The minimum Gasteiger partial charge on any atom is -0.497 e. The highest BCUT2D eigenvalue weighted by Gasteiger charge is 2.37. The highest BCUT2D eigenvalue weighted by atomic mass is 16.5. The smallest absolute Gasteiger partial charge is 0.217 e. The molecule has 1 N–H and O–H groups in total. The molecule has 0 radical (unpaired) electrons. The quantitative estimate of drug-likeness (QED) is 0.908. The Hall–Kier alpha value is -2.69. The maximum absolute atomic E-state index is 11.9. The number of carbonyl (C=O) groups is 1. The molecule has 1 saturated heterocycles. The Morgan fingerprint density at radius 2 is 2.08 bits per heavy atom. The SMILES string of the molecule is COc1ccc2c(c1)Oc1ccccc1N1CCC[C@H]1[C@@H]2NC(C)=O. The van der Waals surface area contributed by atoms with Crippen molar-refractivity contribution < 1.29 is 14.3 Å². The van der Waals surface area contributed by atoms with Crippen molar-refractivity contribution in [3.8, 4) is 17.2 Å². The zero-order chi connectivity index (χ0) is 17.4. The van der Waals surface area contributed by atoms with Crippen molar-refractivity contribution in [3.63, 3.8) is 0 Å². The summed E-state index contributed by atoms with van der Waals surface area (Å²) in [5, 5.41) is 3.14. The van der Waals surface area contributed by atoms with Crippen molar-refractivity contribution >= 4 is 11.6 Å². The van der Waals surface area contributed by atoms with Crippen LogP contribution in [-0.2, 0) is 4.79 Å². The Kier molecular flexibility index (Phi) is 3.99. The standard InChI is InChI=1S/C20H22N2O3/c1-13(23)21-20-15-10-9-14(24-2)12-19(15)25-18-8-4-3-6-16(18)22-11-5-7-17(20)22/h3-4,6,8-10,12,17,20H,5,7,11H2,1-2H3,(H,21,23)/t17-,20+/m0/s1. The fourth-order valence-corrected chi connectivity index (χ4v) is 3.92. The Morgan fingerprint density at radius 3 is 2.88 bits per heavy atom. The van der Waals surface area contributed by atoms with E-state index in [1.165, 1.54) is 0 Å². The van der Waals surface area contributed by atoms with Gasteiger partial charge in [0, 0.05) is 25.1 Å². The molecule has 0 spiro atoms. The molecule has 130 valence electrons. The van der Waals surface area contributed by atoms with Crippen molar-refractivity contribution in [1.82, 2.24) is 5.32 Å². The van der Waals surface area contributed by atoms with Gasteiger partial charge in [-0.3, -0.25) is 4.79 Å². The van der Waals surface area contributed by atoms with E-state index in [1.54, 1.807) is 14.0 Å². The number of anilines is 1. The first kappa shape index (κ1) is 15.8. The van der Waals surface area contributed by atoms with Crippen LogP contribution in [0.25, 0.3) is 0 Å². The van der Waals surface area contributed by atoms with Gasteiger partial charge in [0.2, 0.25) is 5.91 Å². The van der Waals surface area contributed by atoms with Crippen LogP contribution in [0.3, 0.4) is 0 Å². The zero-order valence-corrected chi connectivity index (χ0v) is 14.5.